The van der Waals surface area contributed by atoms with E-state index in [1.165, 1.54) is 6.92 Å². The molecule has 13 N–H and O–H groups in total. The molecule has 0 heterocycles. The van der Waals surface area contributed by atoms with E-state index in [0.29, 0.717) is 0 Å². The second-order valence-corrected chi connectivity index (χ2v) is 8.69. The molecule has 0 unspecified atom stereocenters. The fraction of sp³-hybridized carbons (Fsp3) is 0.714. The second-order valence-electron chi connectivity index (χ2n) is 8.69. The van der Waals surface area contributed by atoms with Gasteiger partial charge in [-0.1, -0.05) is 0 Å². The number of carboxylic acids is 1. The Bertz CT molecular complexity index is 843. The van der Waals surface area contributed by atoms with Gasteiger partial charge >= 0.3 is 18.2 Å². The summed E-state index contributed by atoms with van der Waals surface area (Å²) < 4.78 is 0. The van der Waals surface area contributed by atoms with Crippen molar-refractivity contribution in [2.24, 2.45) is 11.5 Å². The van der Waals surface area contributed by atoms with Crippen molar-refractivity contribution in [3.63, 3.8) is 0 Å². The number of hydrogen-bond acceptors (Lipinski definition) is 10. The van der Waals surface area contributed by atoms with Crippen molar-refractivity contribution >= 4 is 35.9 Å². The summed E-state index contributed by atoms with van der Waals surface area (Å²) in [6, 6.07) is -5.19. The Labute approximate surface area is 224 Å². The van der Waals surface area contributed by atoms with Gasteiger partial charge in [-0.15, -0.1) is 0 Å². The van der Waals surface area contributed by atoms with Gasteiger partial charge in [-0.2, -0.15) is 0 Å². The molecule has 0 aromatic carbocycles. The number of nitrogens with two attached hydrogens (primary N) is 2. The minimum absolute atomic E-state index is 0.0491. The van der Waals surface area contributed by atoms with Gasteiger partial charge in [0.1, 0.15) is 12.1 Å². The van der Waals surface area contributed by atoms with Gasteiger partial charge in [0.2, 0.25) is 11.8 Å². The third-order valence-electron chi connectivity index (χ3n) is 5.39. The van der Waals surface area contributed by atoms with Gasteiger partial charge in [-0.05, 0) is 45.4 Å². The Morgan fingerprint density at radius 3 is 1.64 bits per heavy atom. The summed E-state index contributed by atoms with van der Waals surface area (Å²) in [6.07, 6.45) is -3.58. The maximum atomic E-state index is 12.6. The number of nitrogens with zero attached hydrogens (tertiary/aromatic N) is 1. The Kier molecular flexibility index (Phi) is 16.7. The Morgan fingerprint density at radius 2 is 1.23 bits per heavy atom. The Balaban J connectivity index is 4.77. The van der Waals surface area contributed by atoms with Gasteiger partial charge in [-0.25, -0.2) is 19.4 Å². The molecule has 0 bridgehead atoms. The van der Waals surface area contributed by atoms with E-state index in [1.54, 1.807) is 0 Å². The smallest absolute Gasteiger partial charge is 0.404 e. The van der Waals surface area contributed by atoms with E-state index < -0.39 is 72.7 Å². The predicted octanol–water partition coefficient (Wildman–Crippen LogP) is -2.83. The number of carbonyl (C=O) groups is 6. The first-order chi connectivity index (χ1) is 18.2. The molecule has 0 aliphatic carbocycles. The summed E-state index contributed by atoms with van der Waals surface area (Å²) in [7, 11) is 0. The topological polar surface area (TPSA) is 307 Å². The van der Waals surface area contributed by atoms with Crippen molar-refractivity contribution in [2.75, 3.05) is 19.6 Å². The molecule has 5 atom stereocenters. The van der Waals surface area contributed by atoms with Crippen molar-refractivity contribution in [1.82, 2.24) is 26.3 Å². The van der Waals surface area contributed by atoms with Crippen LogP contribution in [0.5, 0.6) is 0 Å². The molecule has 0 spiro atoms. The first-order valence-electron chi connectivity index (χ1n) is 12.1. The van der Waals surface area contributed by atoms with Gasteiger partial charge in [0, 0.05) is 19.6 Å². The molecule has 18 nitrogen and oxygen atoms in total. The zero-order chi connectivity index (χ0) is 30.1. The molecule has 0 aromatic heterocycles. The monoisotopic (exact) mass is 565 g/mol. The summed E-state index contributed by atoms with van der Waals surface area (Å²) in [4.78, 5) is 69.4. The highest BCUT2D eigenvalue weighted by Crippen LogP contribution is 2.06. The van der Waals surface area contributed by atoms with Gasteiger partial charge < -0.3 is 53.2 Å². The van der Waals surface area contributed by atoms with Crippen LogP contribution in [0.4, 0.5) is 9.59 Å². The number of hydroxylamine groups is 2. The van der Waals surface area contributed by atoms with E-state index >= 15 is 0 Å². The summed E-state index contributed by atoms with van der Waals surface area (Å²) in [5.74, 6) is -4.07. The van der Waals surface area contributed by atoms with E-state index in [4.69, 9.17) is 21.7 Å². The number of nitrogens with one attached hydrogen (secondary N) is 4. The number of carbonyl (C=O) groups excluding carboxylic acids is 3. The van der Waals surface area contributed by atoms with Crippen LogP contribution in [0.2, 0.25) is 0 Å². The average molecular weight is 566 g/mol. The maximum absolute atomic E-state index is 12.6. The minimum Gasteiger partial charge on any atom is -0.480 e. The quantitative estimate of drug-likeness (QED) is 0.0428. The normalized spacial score (nSPS) is 14.6. The standard InChI is InChI=1S/C21H39N7O11/c1-11(29)15(27-17(31)13(23)6-3-9-25-21(37)38)18(32)28(39)10-4-7-14(19(33)34)26-16(30)12(22)5-2-8-24-20(35)36/h11-15,24-25,29,39H,2-10,22-23H2,1H3,(H,26,30)(H,27,31)(H,33,34)(H,35,36)(H,37,38)/t11-,12-,13-,14+,15-/m1/s1. The summed E-state index contributed by atoms with van der Waals surface area (Å²) in [5.41, 5.74) is 11.4. The SMILES string of the molecule is C[C@@H](O)[C@@H](NC(=O)[C@H](N)CCCNC(=O)O)C(=O)N(O)CCC[C@H](NC(=O)[C@H](N)CCCNC(=O)O)C(=O)O. The van der Waals surface area contributed by atoms with Crippen molar-refractivity contribution in [2.45, 2.75) is 75.7 Å². The fourth-order valence-corrected chi connectivity index (χ4v) is 3.20. The van der Waals surface area contributed by atoms with Crippen LogP contribution < -0.4 is 32.7 Å². The molecule has 224 valence electrons. The van der Waals surface area contributed by atoms with E-state index in [9.17, 15) is 44.2 Å². The molecule has 0 aliphatic rings. The number of aliphatic carboxylic acids is 1. The Hall–Kier alpha value is -3.74. The second kappa shape index (κ2) is 18.5. The van der Waals surface area contributed by atoms with Crippen molar-refractivity contribution < 1.29 is 54.4 Å². The largest absolute Gasteiger partial charge is 0.480 e. The molecule has 5 amide bonds. The molecular formula is C21H39N7O11. The molecule has 0 aliphatic heterocycles. The molecule has 18 heteroatoms. The van der Waals surface area contributed by atoms with Crippen LogP contribution in [0.1, 0.15) is 45.4 Å². The molecule has 0 rings (SSSR count). The average Bonchev–Trinajstić information content (AvgIpc) is 2.85. The lowest BCUT2D eigenvalue weighted by Gasteiger charge is -2.26. The molecule has 0 aromatic rings. The lowest BCUT2D eigenvalue weighted by Crippen LogP contribution is -2.56. The first kappa shape index (κ1) is 35.3. The van der Waals surface area contributed by atoms with Gasteiger partial charge in [-0.3, -0.25) is 19.6 Å². The number of aliphatic hydroxyl groups excluding tert-OH is 1. The molecule has 39 heavy (non-hydrogen) atoms. The van der Waals surface area contributed by atoms with Gasteiger partial charge in [0.05, 0.1) is 18.2 Å². The zero-order valence-electron chi connectivity index (χ0n) is 21.5. The summed E-state index contributed by atoms with van der Waals surface area (Å²) in [6.45, 7) is 0.893. The van der Waals surface area contributed by atoms with Crippen LogP contribution in [-0.2, 0) is 19.2 Å². The van der Waals surface area contributed by atoms with Crippen LogP contribution in [0.3, 0.4) is 0 Å². The zero-order valence-corrected chi connectivity index (χ0v) is 21.5. The molecule has 0 saturated heterocycles. The van der Waals surface area contributed by atoms with Crippen molar-refractivity contribution in [1.29, 1.82) is 0 Å². The van der Waals surface area contributed by atoms with Crippen LogP contribution in [-0.4, -0.2) is 116 Å². The van der Waals surface area contributed by atoms with E-state index in [0.717, 1.165) is 0 Å². The van der Waals surface area contributed by atoms with Gasteiger partial charge in [0.15, 0.2) is 0 Å². The number of rotatable bonds is 19. The first-order valence-corrected chi connectivity index (χ1v) is 12.1. The van der Waals surface area contributed by atoms with Crippen LogP contribution >= 0.6 is 0 Å². The third-order valence-corrected chi connectivity index (χ3v) is 5.39. The Morgan fingerprint density at radius 1 is 0.769 bits per heavy atom. The van der Waals surface area contributed by atoms with Crippen molar-refractivity contribution in [3.05, 3.63) is 0 Å². The highest BCUT2D eigenvalue weighted by molar-refractivity contribution is 5.89. The number of amides is 5. The molecule has 0 fully saturated rings. The molecular weight excluding hydrogens is 526 g/mol. The third kappa shape index (κ3) is 15.3. The highest BCUT2D eigenvalue weighted by Gasteiger charge is 2.31. The predicted molar refractivity (Wildman–Crippen MR) is 132 cm³/mol. The molecule has 0 radical (unpaired) electrons. The van der Waals surface area contributed by atoms with Crippen molar-refractivity contribution in [3.8, 4) is 0 Å². The summed E-state index contributed by atoms with van der Waals surface area (Å²) in [5, 5.41) is 55.3. The highest BCUT2D eigenvalue weighted by atomic mass is 16.5. The molecule has 0 saturated carbocycles. The van der Waals surface area contributed by atoms with Crippen LogP contribution in [0.15, 0.2) is 0 Å². The van der Waals surface area contributed by atoms with Gasteiger partial charge in [0.25, 0.3) is 5.91 Å². The van der Waals surface area contributed by atoms with E-state index in [1.807, 2.05) is 0 Å². The number of hydrogen-bond donors (Lipinski definition) is 11. The lowest BCUT2D eigenvalue weighted by atomic mass is 10.1. The van der Waals surface area contributed by atoms with E-state index in [2.05, 4.69) is 21.3 Å². The fourth-order valence-electron chi connectivity index (χ4n) is 3.20. The lowest BCUT2D eigenvalue weighted by molar-refractivity contribution is -0.171. The minimum atomic E-state index is -1.57. The number of carboxylic acid groups (broad SMARTS) is 3. The number of aliphatic hydroxyl groups is 1. The van der Waals surface area contributed by atoms with Crippen LogP contribution in [0, 0.1) is 0 Å². The summed E-state index contributed by atoms with van der Waals surface area (Å²) >= 11 is 0. The van der Waals surface area contributed by atoms with E-state index in [-0.39, 0.29) is 56.7 Å². The maximum Gasteiger partial charge on any atom is 0.404 e. The van der Waals surface area contributed by atoms with Crippen LogP contribution in [0.25, 0.3) is 0 Å².